The van der Waals surface area contributed by atoms with Crippen LogP contribution >= 0.6 is 0 Å². The zero-order valence-electron chi connectivity index (χ0n) is 11.7. The zero-order valence-corrected chi connectivity index (χ0v) is 11.7. The molecule has 3 rings (SSSR count). The maximum absolute atomic E-state index is 9.62. The van der Waals surface area contributed by atoms with Crippen LogP contribution in [0.1, 0.15) is 12.5 Å². The number of nitrogens with zero attached hydrogens (tertiary/aromatic N) is 2. The fraction of sp³-hybridized carbons (Fsp3) is 0.312. The maximum atomic E-state index is 9.62. The summed E-state index contributed by atoms with van der Waals surface area (Å²) in [6.45, 7) is 4.49. The van der Waals surface area contributed by atoms with Crippen molar-refractivity contribution in [2.24, 2.45) is 0 Å². The molecule has 20 heavy (non-hydrogen) atoms. The topological polar surface area (TPSA) is 45.6 Å². The van der Waals surface area contributed by atoms with Crippen LogP contribution in [0.4, 0.5) is 11.5 Å². The first-order valence-electron chi connectivity index (χ1n) is 6.70. The van der Waals surface area contributed by atoms with Gasteiger partial charge in [0.1, 0.15) is 17.2 Å². The molecule has 4 heteroatoms. The molecule has 1 aliphatic heterocycles. The molecule has 0 radical (unpaired) electrons. The third kappa shape index (κ3) is 2.23. The van der Waals surface area contributed by atoms with E-state index in [1.54, 1.807) is 6.20 Å². The van der Waals surface area contributed by atoms with Crippen molar-refractivity contribution in [1.82, 2.24) is 4.98 Å². The van der Waals surface area contributed by atoms with Gasteiger partial charge in [0, 0.05) is 6.20 Å². The highest BCUT2D eigenvalue weighted by atomic mass is 16.5. The highest BCUT2D eigenvalue weighted by molar-refractivity contribution is 5.69. The third-order valence-corrected chi connectivity index (χ3v) is 3.51. The Morgan fingerprint density at radius 1 is 1.35 bits per heavy atom. The molecule has 0 saturated carbocycles. The van der Waals surface area contributed by atoms with Crippen molar-refractivity contribution in [3.63, 3.8) is 0 Å². The molecule has 1 N–H and O–H groups in total. The Balaban J connectivity index is 2.11. The van der Waals surface area contributed by atoms with Gasteiger partial charge >= 0.3 is 0 Å². The van der Waals surface area contributed by atoms with Crippen LogP contribution in [0.25, 0.3) is 0 Å². The van der Waals surface area contributed by atoms with E-state index in [4.69, 9.17) is 4.74 Å². The summed E-state index contributed by atoms with van der Waals surface area (Å²) < 4.78 is 5.96. The number of pyridine rings is 1. The predicted octanol–water partition coefficient (Wildman–Crippen LogP) is 2.67. The van der Waals surface area contributed by atoms with Crippen molar-refractivity contribution in [2.45, 2.75) is 19.4 Å². The molecule has 0 aliphatic carbocycles. The summed E-state index contributed by atoms with van der Waals surface area (Å²) in [7, 11) is 0. The summed E-state index contributed by atoms with van der Waals surface area (Å²) in [6.07, 6.45) is 1.77. The Labute approximate surface area is 118 Å². The Morgan fingerprint density at radius 3 is 2.90 bits per heavy atom. The van der Waals surface area contributed by atoms with Gasteiger partial charge in [-0.1, -0.05) is 12.1 Å². The normalized spacial score (nSPS) is 21.2. The highest BCUT2D eigenvalue weighted by Gasteiger charge is 2.36. The molecule has 1 unspecified atom stereocenters. The van der Waals surface area contributed by atoms with E-state index in [1.807, 2.05) is 37.3 Å². The van der Waals surface area contributed by atoms with Crippen LogP contribution in [0.3, 0.4) is 0 Å². The van der Waals surface area contributed by atoms with Crippen molar-refractivity contribution in [1.29, 1.82) is 0 Å². The summed E-state index contributed by atoms with van der Waals surface area (Å²) in [5, 5.41) is 9.62. The molecule has 104 valence electrons. The second-order valence-corrected chi connectivity index (χ2v) is 5.46. The number of hydrogen-bond acceptors (Lipinski definition) is 4. The van der Waals surface area contributed by atoms with Crippen LogP contribution in [0, 0.1) is 6.92 Å². The van der Waals surface area contributed by atoms with Crippen molar-refractivity contribution in [2.75, 3.05) is 18.1 Å². The summed E-state index contributed by atoms with van der Waals surface area (Å²) in [5.41, 5.74) is 1.54. The fourth-order valence-corrected chi connectivity index (χ4v) is 2.44. The number of fused-ring (bicyclic) bond motifs is 1. The summed E-state index contributed by atoms with van der Waals surface area (Å²) >= 11 is 0. The molecule has 0 amide bonds. The van der Waals surface area contributed by atoms with Crippen LogP contribution in [-0.2, 0) is 0 Å². The minimum absolute atomic E-state index is 0.0380. The predicted molar refractivity (Wildman–Crippen MR) is 78.5 cm³/mol. The molecule has 0 bridgehead atoms. The molecule has 2 heterocycles. The average Bonchev–Trinajstić information content (AvgIpc) is 2.48. The van der Waals surface area contributed by atoms with Gasteiger partial charge in [-0.25, -0.2) is 4.98 Å². The molecule has 4 nitrogen and oxygen atoms in total. The van der Waals surface area contributed by atoms with E-state index in [1.165, 1.54) is 5.56 Å². The minimum atomic E-state index is -0.625. The van der Waals surface area contributed by atoms with Gasteiger partial charge in [0.25, 0.3) is 0 Å². The van der Waals surface area contributed by atoms with E-state index in [9.17, 15) is 5.11 Å². The first kappa shape index (κ1) is 12.9. The average molecular weight is 270 g/mol. The number of anilines is 2. The Hall–Kier alpha value is -2.07. The van der Waals surface area contributed by atoms with Gasteiger partial charge in [-0.3, -0.25) is 0 Å². The quantitative estimate of drug-likeness (QED) is 0.911. The second kappa shape index (κ2) is 4.80. The third-order valence-electron chi connectivity index (χ3n) is 3.51. The van der Waals surface area contributed by atoms with Crippen LogP contribution in [-0.4, -0.2) is 28.8 Å². The lowest BCUT2D eigenvalue weighted by Gasteiger charge is -2.41. The van der Waals surface area contributed by atoms with Gasteiger partial charge in [0.2, 0.25) is 0 Å². The second-order valence-electron chi connectivity index (χ2n) is 5.46. The number of aliphatic hydroxyl groups is 1. The summed E-state index contributed by atoms with van der Waals surface area (Å²) in [4.78, 5) is 6.52. The van der Waals surface area contributed by atoms with Crippen LogP contribution in [0.5, 0.6) is 5.75 Å². The molecule has 1 aromatic carbocycles. The van der Waals surface area contributed by atoms with E-state index in [0.717, 1.165) is 17.3 Å². The Morgan fingerprint density at radius 2 is 2.20 bits per heavy atom. The van der Waals surface area contributed by atoms with Gasteiger partial charge in [0.15, 0.2) is 0 Å². The summed E-state index contributed by atoms with van der Waals surface area (Å²) in [6, 6.07) is 11.9. The zero-order chi connectivity index (χ0) is 14.2. The van der Waals surface area contributed by atoms with E-state index in [2.05, 4.69) is 22.9 Å². The lowest BCUT2D eigenvalue weighted by Crippen LogP contribution is -2.50. The van der Waals surface area contributed by atoms with E-state index in [-0.39, 0.29) is 6.61 Å². The molecule has 1 atom stereocenters. The number of hydrogen-bond donors (Lipinski definition) is 1. The van der Waals surface area contributed by atoms with Crippen molar-refractivity contribution >= 4 is 11.5 Å². The lowest BCUT2D eigenvalue weighted by molar-refractivity contribution is 0.0261. The van der Waals surface area contributed by atoms with Gasteiger partial charge in [-0.2, -0.15) is 0 Å². The number of ether oxygens (including phenoxy) is 1. The Kier molecular flexibility index (Phi) is 3.10. The molecule has 2 aromatic rings. The maximum Gasteiger partial charge on any atom is 0.147 e. The smallest absolute Gasteiger partial charge is 0.147 e. The molecule has 0 saturated heterocycles. The van der Waals surface area contributed by atoms with Crippen molar-refractivity contribution < 1.29 is 9.84 Å². The molecule has 0 fully saturated rings. The van der Waals surface area contributed by atoms with Gasteiger partial charge in [-0.05, 0) is 43.7 Å². The standard InChI is InChI=1S/C16H18N2O2/c1-12-6-7-14-13(9-12)18(10-16(2,11-19)20-14)15-5-3-4-8-17-15/h3-9,19H,10-11H2,1-2H3. The Bertz CT molecular complexity index is 615. The number of aryl methyl sites for hydroxylation is 1. The first-order valence-corrected chi connectivity index (χ1v) is 6.70. The monoisotopic (exact) mass is 270 g/mol. The summed E-state index contributed by atoms with van der Waals surface area (Å²) in [5.74, 6) is 1.64. The molecule has 0 spiro atoms. The number of benzene rings is 1. The van der Waals surface area contributed by atoms with Crippen molar-refractivity contribution in [3.8, 4) is 5.75 Å². The number of aliphatic hydroxyl groups excluding tert-OH is 1. The van der Waals surface area contributed by atoms with E-state index < -0.39 is 5.60 Å². The number of rotatable bonds is 2. The first-order chi connectivity index (χ1) is 9.61. The molecule has 1 aliphatic rings. The highest BCUT2D eigenvalue weighted by Crippen LogP contribution is 2.40. The van der Waals surface area contributed by atoms with Crippen LogP contribution in [0.2, 0.25) is 0 Å². The largest absolute Gasteiger partial charge is 0.481 e. The SMILES string of the molecule is Cc1ccc2c(c1)N(c1ccccn1)CC(C)(CO)O2. The molecular formula is C16H18N2O2. The fourth-order valence-electron chi connectivity index (χ4n) is 2.44. The van der Waals surface area contributed by atoms with Gasteiger partial charge in [0.05, 0.1) is 18.8 Å². The molecule has 1 aromatic heterocycles. The van der Waals surface area contributed by atoms with Gasteiger partial charge < -0.3 is 14.7 Å². The van der Waals surface area contributed by atoms with Gasteiger partial charge in [-0.15, -0.1) is 0 Å². The number of aromatic nitrogens is 1. The van der Waals surface area contributed by atoms with Crippen LogP contribution in [0.15, 0.2) is 42.6 Å². The van der Waals surface area contributed by atoms with Crippen molar-refractivity contribution in [3.05, 3.63) is 48.2 Å². The van der Waals surface area contributed by atoms with E-state index >= 15 is 0 Å². The molecular weight excluding hydrogens is 252 g/mol. The van der Waals surface area contributed by atoms with E-state index in [0.29, 0.717) is 6.54 Å². The minimum Gasteiger partial charge on any atom is -0.481 e. The van der Waals surface area contributed by atoms with Crippen LogP contribution < -0.4 is 9.64 Å². The lowest BCUT2D eigenvalue weighted by atomic mass is 10.0.